The summed E-state index contributed by atoms with van der Waals surface area (Å²) in [4.78, 5) is 14.4. The number of carbonyl (C=O) groups is 1. The first-order valence-corrected chi connectivity index (χ1v) is 9.08. The van der Waals surface area contributed by atoms with Gasteiger partial charge in [-0.3, -0.25) is 4.79 Å². The van der Waals surface area contributed by atoms with Crippen LogP contribution in [0, 0.1) is 5.92 Å². The minimum Gasteiger partial charge on any atom is -0.493 e. The van der Waals surface area contributed by atoms with Gasteiger partial charge in [0.2, 0.25) is 11.7 Å². The molecule has 0 radical (unpaired) electrons. The summed E-state index contributed by atoms with van der Waals surface area (Å²) >= 11 is 0. The van der Waals surface area contributed by atoms with E-state index in [-0.39, 0.29) is 11.7 Å². The topological polar surface area (TPSA) is 82.4 Å². The number of amides is 1. The maximum atomic E-state index is 12.9. The lowest BCUT2D eigenvalue weighted by Crippen LogP contribution is -2.47. The fraction of sp³-hybridized carbons (Fsp3) is 0.556. The minimum absolute atomic E-state index is 0.104. The number of halogens is 3. The molecule has 1 aliphatic carbocycles. The number of hydrogen-bond acceptors (Lipinski definition) is 6. The number of benzene rings is 1. The van der Waals surface area contributed by atoms with Gasteiger partial charge in [-0.25, -0.2) is 0 Å². The zero-order valence-corrected chi connectivity index (χ0v) is 16.3. The molecule has 1 atom stereocenters. The predicted molar refractivity (Wildman–Crippen MR) is 96.3 cm³/mol. The standard InChI is InChI=1S/C18H22F3N5O3/c1-11(12-4-5-12)25(10-18(19,20)21)16(27)9-26-23-17(22-24-26)13-6-7-14(28-2)15(8-13)29-3/h6-8,11-12H,4-5,9-10H2,1-3H3/t11-/m0/s1. The number of nitrogens with zero attached hydrogens (tertiary/aromatic N) is 5. The molecule has 0 aliphatic heterocycles. The molecule has 0 unspecified atom stereocenters. The second-order valence-corrected chi connectivity index (χ2v) is 6.93. The molecule has 1 saturated carbocycles. The molecule has 1 aromatic heterocycles. The molecule has 1 heterocycles. The molecule has 11 heteroatoms. The molecule has 29 heavy (non-hydrogen) atoms. The fourth-order valence-electron chi connectivity index (χ4n) is 3.10. The Kier molecular flexibility index (Phi) is 5.94. The van der Waals surface area contributed by atoms with Gasteiger partial charge in [0.1, 0.15) is 13.1 Å². The molecule has 1 fully saturated rings. The van der Waals surface area contributed by atoms with Crippen molar-refractivity contribution >= 4 is 5.91 Å². The number of rotatable bonds is 8. The molecule has 1 aromatic carbocycles. The van der Waals surface area contributed by atoms with Crippen LogP contribution in [0.3, 0.4) is 0 Å². The quantitative estimate of drug-likeness (QED) is 0.662. The molecule has 8 nitrogen and oxygen atoms in total. The third-order valence-corrected chi connectivity index (χ3v) is 4.84. The highest BCUT2D eigenvalue weighted by Crippen LogP contribution is 2.36. The summed E-state index contributed by atoms with van der Waals surface area (Å²) in [7, 11) is 2.99. The SMILES string of the molecule is COc1ccc(-c2nnn(CC(=O)N(CC(F)(F)F)[C@@H](C)C3CC3)n2)cc1OC. The monoisotopic (exact) mass is 413 g/mol. The van der Waals surface area contributed by atoms with Crippen LogP contribution >= 0.6 is 0 Å². The number of ether oxygens (including phenoxy) is 2. The van der Waals surface area contributed by atoms with Crippen molar-refractivity contribution in [2.75, 3.05) is 20.8 Å². The van der Waals surface area contributed by atoms with Crippen molar-refractivity contribution in [2.45, 2.75) is 38.5 Å². The van der Waals surface area contributed by atoms with Crippen molar-refractivity contribution in [3.8, 4) is 22.9 Å². The van der Waals surface area contributed by atoms with E-state index in [1.165, 1.54) is 14.2 Å². The molecule has 1 aliphatic rings. The van der Waals surface area contributed by atoms with Crippen LogP contribution < -0.4 is 9.47 Å². The van der Waals surface area contributed by atoms with Crippen molar-refractivity contribution < 1.29 is 27.4 Å². The summed E-state index contributed by atoms with van der Waals surface area (Å²) in [6.07, 6.45) is -2.82. The van der Waals surface area contributed by atoms with Gasteiger partial charge in [0.15, 0.2) is 11.5 Å². The van der Waals surface area contributed by atoms with Gasteiger partial charge in [0.25, 0.3) is 0 Å². The van der Waals surface area contributed by atoms with Crippen molar-refractivity contribution in [3.63, 3.8) is 0 Å². The molecule has 158 valence electrons. The molecule has 0 saturated heterocycles. The van der Waals surface area contributed by atoms with Crippen LogP contribution in [0.15, 0.2) is 18.2 Å². The minimum atomic E-state index is -4.47. The summed E-state index contributed by atoms with van der Waals surface area (Å²) in [5.74, 6) is 0.615. The normalized spacial score (nSPS) is 15.1. The van der Waals surface area contributed by atoms with Crippen LogP contribution in [0.4, 0.5) is 13.2 Å². The summed E-state index contributed by atoms with van der Waals surface area (Å²) in [5, 5.41) is 11.8. The Morgan fingerprint density at radius 1 is 1.28 bits per heavy atom. The Balaban J connectivity index is 1.75. The Morgan fingerprint density at radius 3 is 2.55 bits per heavy atom. The molecule has 0 N–H and O–H groups in total. The van der Waals surface area contributed by atoms with E-state index in [0.29, 0.717) is 17.1 Å². The average molecular weight is 413 g/mol. The van der Waals surface area contributed by atoms with E-state index in [2.05, 4.69) is 15.4 Å². The van der Waals surface area contributed by atoms with Gasteiger partial charge in [0.05, 0.1) is 14.2 Å². The largest absolute Gasteiger partial charge is 0.493 e. The number of aromatic nitrogens is 4. The summed E-state index contributed by atoms with van der Waals surface area (Å²) in [6, 6.07) is 4.52. The Hall–Kier alpha value is -2.85. The highest BCUT2D eigenvalue weighted by molar-refractivity contribution is 5.76. The van der Waals surface area contributed by atoms with E-state index in [4.69, 9.17) is 9.47 Å². The molecule has 0 bridgehead atoms. The fourth-order valence-corrected chi connectivity index (χ4v) is 3.10. The van der Waals surface area contributed by atoms with Crippen LogP contribution in [0.2, 0.25) is 0 Å². The van der Waals surface area contributed by atoms with Crippen LogP contribution in [-0.4, -0.2) is 64.0 Å². The van der Waals surface area contributed by atoms with Gasteiger partial charge < -0.3 is 14.4 Å². The Labute approximate surface area is 165 Å². The molecular formula is C18H22F3N5O3. The van der Waals surface area contributed by atoms with Crippen molar-refractivity contribution in [1.82, 2.24) is 25.1 Å². The van der Waals surface area contributed by atoms with E-state index in [1.54, 1.807) is 25.1 Å². The molecule has 0 spiro atoms. The lowest BCUT2D eigenvalue weighted by Gasteiger charge is -2.30. The maximum Gasteiger partial charge on any atom is 0.406 e. The van der Waals surface area contributed by atoms with Gasteiger partial charge in [-0.05, 0) is 49.1 Å². The third kappa shape index (κ3) is 5.15. The number of hydrogen-bond donors (Lipinski definition) is 0. The van der Waals surface area contributed by atoms with Crippen molar-refractivity contribution in [2.24, 2.45) is 5.92 Å². The first-order chi connectivity index (χ1) is 13.7. The smallest absolute Gasteiger partial charge is 0.406 e. The van der Waals surface area contributed by atoms with Crippen LogP contribution in [0.5, 0.6) is 11.5 Å². The second kappa shape index (κ2) is 8.26. The average Bonchev–Trinajstić information content (AvgIpc) is 3.43. The summed E-state index contributed by atoms with van der Waals surface area (Å²) in [5.41, 5.74) is 0.569. The first kappa shape index (κ1) is 20.9. The van der Waals surface area contributed by atoms with Crippen molar-refractivity contribution in [3.05, 3.63) is 18.2 Å². The van der Waals surface area contributed by atoms with Crippen LogP contribution in [-0.2, 0) is 11.3 Å². The van der Waals surface area contributed by atoms with Crippen LogP contribution in [0.1, 0.15) is 19.8 Å². The molecule has 1 amide bonds. The lowest BCUT2D eigenvalue weighted by atomic mass is 10.2. The van der Waals surface area contributed by atoms with Crippen molar-refractivity contribution in [1.29, 1.82) is 0 Å². The van der Waals surface area contributed by atoms with E-state index >= 15 is 0 Å². The lowest BCUT2D eigenvalue weighted by molar-refractivity contribution is -0.166. The van der Waals surface area contributed by atoms with Gasteiger partial charge in [-0.15, -0.1) is 10.2 Å². The highest BCUT2D eigenvalue weighted by atomic mass is 19.4. The highest BCUT2D eigenvalue weighted by Gasteiger charge is 2.40. The van der Waals surface area contributed by atoms with E-state index < -0.39 is 31.2 Å². The zero-order valence-electron chi connectivity index (χ0n) is 16.3. The molecule has 2 aromatic rings. The Bertz CT molecular complexity index is 867. The molecule has 3 rings (SSSR count). The zero-order chi connectivity index (χ0) is 21.2. The van der Waals surface area contributed by atoms with Crippen LogP contribution in [0.25, 0.3) is 11.4 Å². The number of carbonyl (C=O) groups excluding carboxylic acids is 1. The van der Waals surface area contributed by atoms with Gasteiger partial charge >= 0.3 is 6.18 Å². The van der Waals surface area contributed by atoms with E-state index in [0.717, 1.165) is 22.5 Å². The second-order valence-electron chi connectivity index (χ2n) is 6.93. The number of tetrazole rings is 1. The van der Waals surface area contributed by atoms with Gasteiger partial charge in [-0.2, -0.15) is 18.0 Å². The predicted octanol–water partition coefficient (Wildman–Crippen LogP) is 2.55. The Morgan fingerprint density at radius 2 is 1.97 bits per heavy atom. The van der Waals surface area contributed by atoms with Gasteiger partial charge in [0, 0.05) is 11.6 Å². The summed E-state index contributed by atoms with van der Waals surface area (Å²) in [6.45, 7) is -0.0701. The first-order valence-electron chi connectivity index (χ1n) is 9.08. The van der Waals surface area contributed by atoms with Gasteiger partial charge in [-0.1, -0.05) is 0 Å². The number of alkyl halides is 3. The van der Waals surface area contributed by atoms with E-state index in [9.17, 15) is 18.0 Å². The van der Waals surface area contributed by atoms with E-state index in [1.807, 2.05) is 0 Å². The molecular weight excluding hydrogens is 391 g/mol. The third-order valence-electron chi connectivity index (χ3n) is 4.84. The maximum absolute atomic E-state index is 12.9. The number of methoxy groups -OCH3 is 2. The summed E-state index contributed by atoms with van der Waals surface area (Å²) < 4.78 is 49.2.